The molecule has 1 N–H and O–H groups in total. The number of hydrogen-bond donors (Lipinski definition) is 1. The maximum Gasteiger partial charge on any atom is 0.258 e. The van der Waals surface area contributed by atoms with Gasteiger partial charge in [-0.1, -0.05) is 27.7 Å². The third kappa shape index (κ3) is 3.60. The SMILES string of the molecule is O=c1[nH]c(CSc2nnnn2Cc2ccco2)nc2c(Br)cc(Br)cc12. The minimum absolute atomic E-state index is 0.192. The van der Waals surface area contributed by atoms with Crippen molar-refractivity contribution in [3.8, 4) is 0 Å². The molecule has 0 fully saturated rings. The number of furan rings is 1. The van der Waals surface area contributed by atoms with Gasteiger partial charge in [0.1, 0.15) is 18.1 Å². The minimum Gasteiger partial charge on any atom is -0.467 e. The summed E-state index contributed by atoms with van der Waals surface area (Å²) >= 11 is 8.21. The summed E-state index contributed by atoms with van der Waals surface area (Å²) in [5, 5.41) is 12.8. The van der Waals surface area contributed by atoms with E-state index in [2.05, 4.69) is 57.4 Å². The molecule has 1 aromatic carbocycles. The molecule has 0 saturated heterocycles. The number of H-pyrrole nitrogens is 1. The third-order valence-corrected chi connectivity index (χ3v) is 5.53. The fourth-order valence-electron chi connectivity index (χ4n) is 2.36. The average molecular weight is 498 g/mol. The van der Waals surface area contributed by atoms with Crippen LogP contribution in [0.5, 0.6) is 0 Å². The summed E-state index contributed by atoms with van der Waals surface area (Å²) in [4.78, 5) is 19.7. The summed E-state index contributed by atoms with van der Waals surface area (Å²) in [6.45, 7) is 0.434. The van der Waals surface area contributed by atoms with Gasteiger partial charge in [-0.15, -0.1) is 5.10 Å². The van der Waals surface area contributed by atoms with Crippen molar-refractivity contribution in [1.82, 2.24) is 30.2 Å². The summed E-state index contributed by atoms with van der Waals surface area (Å²) in [5.41, 5.74) is 0.422. The largest absolute Gasteiger partial charge is 0.467 e. The van der Waals surface area contributed by atoms with Crippen LogP contribution >= 0.6 is 43.6 Å². The molecule has 3 aromatic heterocycles. The lowest BCUT2D eigenvalue weighted by Crippen LogP contribution is -2.12. The van der Waals surface area contributed by atoms with Gasteiger partial charge in [0.05, 0.1) is 22.9 Å². The number of fused-ring (bicyclic) bond motifs is 1. The number of benzene rings is 1. The van der Waals surface area contributed by atoms with Crippen molar-refractivity contribution >= 4 is 54.5 Å². The van der Waals surface area contributed by atoms with Crippen LogP contribution in [0.4, 0.5) is 0 Å². The smallest absolute Gasteiger partial charge is 0.258 e. The standard InChI is InChI=1S/C15H10Br2N6O2S/c16-8-4-10-13(11(17)5-8)18-12(19-14(10)24)7-26-15-20-21-22-23(15)6-9-2-1-3-25-9/h1-5H,6-7H2,(H,18,19,24). The van der Waals surface area contributed by atoms with Gasteiger partial charge >= 0.3 is 0 Å². The first-order valence-corrected chi connectivity index (χ1v) is 9.96. The van der Waals surface area contributed by atoms with E-state index in [-0.39, 0.29) is 5.56 Å². The molecule has 0 amide bonds. The number of nitrogens with zero attached hydrogens (tertiary/aromatic N) is 5. The number of rotatable bonds is 5. The molecule has 132 valence electrons. The molecule has 0 aliphatic carbocycles. The summed E-state index contributed by atoms with van der Waals surface area (Å²) < 4.78 is 8.51. The van der Waals surface area contributed by atoms with Gasteiger partial charge in [-0.2, -0.15) is 0 Å². The van der Waals surface area contributed by atoms with Crippen molar-refractivity contribution in [2.45, 2.75) is 17.5 Å². The second-order valence-electron chi connectivity index (χ2n) is 5.28. The summed E-state index contributed by atoms with van der Waals surface area (Å²) in [6, 6.07) is 7.27. The fraction of sp³-hybridized carbons (Fsp3) is 0.133. The molecule has 0 atom stereocenters. The molecule has 0 bridgehead atoms. The fourth-order valence-corrected chi connectivity index (χ4v) is 4.43. The Hall–Kier alpha value is -1.98. The van der Waals surface area contributed by atoms with Crippen LogP contribution in [0.2, 0.25) is 0 Å². The molecule has 4 aromatic rings. The van der Waals surface area contributed by atoms with E-state index in [1.807, 2.05) is 18.2 Å². The Balaban J connectivity index is 1.57. The quantitative estimate of drug-likeness (QED) is 0.421. The van der Waals surface area contributed by atoms with Gasteiger partial charge in [-0.05, 0) is 50.6 Å². The zero-order valence-corrected chi connectivity index (χ0v) is 17.0. The molecule has 11 heteroatoms. The highest BCUT2D eigenvalue weighted by Gasteiger charge is 2.12. The first-order valence-electron chi connectivity index (χ1n) is 7.39. The number of tetrazole rings is 1. The number of halogens is 2. The first kappa shape index (κ1) is 17.4. The molecule has 0 unspecified atom stereocenters. The summed E-state index contributed by atoms with van der Waals surface area (Å²) in [7, 11) is 0. The van der Waals surface area contributed by atoms with Crippen LogP contribution in [0.25, 0.3) is 10.9 Å². The van der Waals surface area contributed by atoms with Crippen molar-refractivity contribution in [3.05, 3.63) is 61.4 Å². The predicted octanol–water partition coefficient (Wildman–Crippen LogP) is 3.37. The minimum atomic E-state index is -0.192. The summed E-state index contributed by atoms with van der Waals surface area (Å²) in [6.07, 6.45) is 1.60. The van der Waals surface area contributed by atoms with Gasteiger partial charge in [-0.25, -0.2) is 9.67 Å². The van der Waals surface area contributed by atoms with Gasteiger partial charge in [0.2, 0.25) is 5.16 Å². The van der Waals surface area contributed by atoms with E-state index in [1.165, 1.54) is 11.8 Å². The van der Waals surface area contributed by atoms with E-state index in [0.29, 0.717) is 34.2 Å². The third-order valence-electron chi connectivity index (χ3n) is 3.50. The molecule has 0 spiro atoms. The maximum absolute atomic E-state index is 12.3. The number of aromatic amines is 1. The van der Waals surface area contributed by atoms with Crippen LogP contribution in [-0.4, -0.2) is 30.2 Å². The van der Waals surface area contributed by atoms with Crippen LogP contribution in [-0.2, 0) is 12.3 Å². The van der Waals surface area contributed by atoms with E-state index in [0.717, 1.165) is 14.7 Å². The van der Waals surface area contributed by atoms with Gasteiger partial charge in [0.25, 0.3) is 5.56 Å². The first-order chi connectivity index (χ1) is 12.6. The molecule has 0 aliphatic heterocycles. The Labute approximate surface area is 167 Å². The topological polar surface area (TPSA) is 102 Å². The van der Waals surface area contributed by atoms with Gasteiger partial charge in [-0.3, -0.25) is 4.79 Å². The van der Waals surface area contributed by atoms with Crippen LogP contribution < -0.4 is 5.56 Å². The molecule has 26 heavy (non-hydrogen) atoms. The van der Waals surface area contributed by atoms with Crippen molar-refractivity contribution < 1.29 is 4.42 Å². The highest BCUT2D eigenvalue weighted by Crippen LogP contribution is 2.26. The van der Waals surface area contributed by atoms with Crippen molar-refractivity contribution in [3.63, 3.8) is 0 Å². The molecular formula is C15H10Br2N6O2S. The van der Waals surface area contributed by atoms with Gasteiger partial charge in [0.15, 0.2) is 0 Å². The van der Waals surface area contributed by atoms with E-state index >= 15 is 0 Å². The molecule has 0 aliphatic rings. The average Bonchev–Trinajstić information content (AvgIpc) is 3.26. The van der Waals surface area contributed by atoms with Gasteiger partial charge in [0, 0.05) is 8.95 Å². The zero-order chi connectivity index (χ0) is 18.1. The number of aromatic nitrogens is 6. The number of thioether (sulfide) groups is 1. The Bertz CT molecular complexity index is 1130. The predicted molar refractivity (Wildman–Crippen MR) is 103 cm³/mol. The lowest BCUT2D eigenvalue weighted by molar-refractivity contribution is 0.462. The highest BCUT2D eigenvalue weighted by molar-refractivity contribution is 9.11. The Morgan fingerprint density at radius 3 is 3.00 bits per heavy atom. The van der Waals surface area contributed by atoms with E-state index in [9.17, 15) is 4.79 Å². The molecule has 3 heterocycles. The Kier molecular flexibility index (Phi) is 4.92. The molecule has 0 radical (unpaired) electrons. The molecule has 0 saturated carbocycles. The second-order valence-corrected chi connectivity index (χ2v) is 8.00. The van der Waals surface area contributed by atoms with Gasteiger partial charge < -0.3 is 9.40 Å². The lowest BCUT2D eigenvalue weighted by atomic mass is 10.2. The van der Waals surface area contributed by atoms with Crippen molar-refractivity contribution in [2.75, 3.05) is 0 Å². The number of nitrogens with one attached hydrogen (secondary N) is 1. The molecule has 4 rings (SSSR count). The van der Waals surface area contributed by atoms with E-state index in [1.54, 1.807) is 17.0 Å². The highest BCUT2D eigenvalue weighted by atomic mass is 79.9. The normalized spacial score (nSPS) is 11.3. The Morgan fingerprint density at radius 2 is 2.19 bits per heavy atom. The molecular weight excluding hydrogens is 488 g/mol. The van der Waals surface area contributed by atoms with Crippen LogP contribution in [0.3, 0.4) is 0 Å². The second kappa shape index (κ2) is 7.33. The molecule has 8 nitrogen and oxygen atoms in total. The van der Waals surface area contributed by atoms with E-state index in [4.69, 9.17) is 4.42 Å². The number of hydrogen-bond acceptors (Lipinski definition) is 7. The van der Waals surface area contributed by atoms with Crippen molar-refractivity contribution in [1.29, 1.82) is 0 Å². The zero-order valence-electron chi connectivity index (χ0n) is 13.0. The van der Waals surface area contributed by atoms with Crippen LogP contribution in [0.1, 0.15) is 11.6 Å². The van der Waals surface area contributed by atoms with Crippen LogP contribution in [0.15, 0.2) is 53.8 Å². The lowest BCUT2D eigenvalue weighted by Gasteiger charge is -2.05. The van der Waals surface area contributed by atoms with E-state index < -0.39 is 0 Å². The Morgan fingerprint density at radius 1 is 1.31 bits per heavy atom. The van der Waals surface area contributed by atoms with Crippen LogP contribution in [0, 0.1) is 0 Å². The maximum atomic E-state index is 12.3. The van der Waals surface area contributed by atoms with Crippen molar-refractivity contribution in [2.24, 2.45) is 0 Å². The summed E-state index contributed by atoms with van der Waals surface area (Å²) in [5.74, 6) is 1.72. The monoisotopic (exact) mass is 496 g/mol.